The number of thiol groups is 1. The van der Waals surface area contributed by atoms with Gasteiger partial charge in [0.15, 0.2) is 0 Å². The van der Waals surface area contributed by atoms with Gasteiger partial charge in [-0.05, 0) is 0 Å². The average Bonchev–Trinajstić information content (AvgIpc) is 1.84. The average molecular weight is 176 g/mol. The second-order valence-corrected chi connectivity index (χ2v) is 3.13. The van der Waals surface area contributed by atoms with E-state index >= 15 is 0 Å². The molecule has 5 heteroatoms. The molecule has 0 saturated carbocycles. The van der Waals surface area contributed by atoms with Crippen LogP contribution < -0.4 is 11.1 Å². The van der Waals surface area contributed by atoms with Gasteiger partial charge in [-0.15, -0.1) is 0 Å². The zero-order valence-electron chi connectivity index (χ0n) is 6.50. The highest BCUT2D eigenvalue weighted by Gasteiger charge is 2.18. The lowest BCUT2D eigenvalue weighted by atomic mass is 10.2. The summed E-state index contributed by atoms with van der Waals surface area (Å²) in [4.78, 5) is 21.3. The predicted molar refractivity (Wildman–Crippen MR) is 45.2 cm³/mol. The molecule has 0 aliphatic carbocycles. The zero-order valence-corrected chi connectivity index (χ0v) is 7.39. The molecule has 0 bridgehead atoms. The van der Waals surface area contributed by atoms with E-state index < -0.39 is 17.9 Å². The minimum Gasteiger partial charge on any atom is -0.319 e. The van der Waals surface area contributed by atoms with Gasteiger partial charge in [0.25, 0.3) is 0 Å². The van der Waals surface area contributed by atoms with Gasteiger partial charge in [-0.2, -0.15) is 12.6 Å². The Labute approximate surface area is 70.9 Å². The number of amides is 2. The lowest BCUT2D eigenvalue weighted by molar-refractivity contribution is -0.129. The number of carbonyl (C=O) groups excluding carboxylic acids is 2. The van der Waals surface area contributed by atoms with Crippen molar-refractivity contribution in [3.63, 3.8) is 0 Å². The van der Waals surface area contributed by atoms with Gasteiger partial charge in [0.05, 0.1) is 6.04 Å². The molecule has 0 spiro atoms. The van der Waals surface area contributed by atoms with E-state index in [-0.39, 0.29) is 5.25 Å². The summed E-state index contributed by atoms with van der Waals surface area (Å²) in [5, 5.41) is 1.82. The van der Waals surface area contributed by atoms with E-state index in [0.717, 1.165) is 0 Å². The van der Waals surface area contributed by atoms with Crippen molar-refractivity contribution in [2.24, 2.45) is 5.73 Å². The van der Waals surface area contributed by atoms with Crippen molar-refractivity contribution in [1.29, 1.82) is 0 Å². The van der Waals surface area contributed by atoms with E-state index in [0.29, 0.717) is 0 Å². The minimum absolute atomic E-state index is 0.255. The van der Waals surface area contributed by atoms with E-state index in [1.165, 1.54) is 6.92 Å². The van der Waals surface area contributed by atoms with Crippen LogP contribution in [0.15, 0.2) is 0 Å². The van der Waals surface area contributed by atoms with E-state index in [2.05, 4.69) is 17.9 Å². The van der Waals surface area contributed by atoms with Gasteiger partial charge < -0.3 is 5.73 Å². The molecule has 2 atom stereocenters. The van der Waals surface area contributed by atoms with E-state index in [9.17, 15) is 9.59 Å². The second-order valence-electron chi connectivity index (χ2n) is 2.31. The van der Waals surface area contributed by atoms with Gasteiger partial charge in [-0.1, -0.05) is 6.92 Å². The predicted octanol–water partition coefficient (Wildman–Crippen LogP) is -0.705. The van der Waals surface area contributed by atoms with Crippen LogP contribution in [0.2, 0.25) is 0 Å². The Morgan fingerprint density at radius 3 is 2.27 bits per heavy atom. The molecule has 11 heavy (non-hydrogen) atoms. The van der Waals surface area contributed by atoms with Crippen LogP contribution in [0.4, 0.5) is 0 Å². The quantitative estimate of drug-likeness (QED) is 0.487. The van der Waals surface area contributed by atoms with Crippen molar-refractivity contribution in [2.45, 2.75) is 25.1 Å². The summed E-state index contributed by atoms with van der Waals surface area (Å²) < 4.78 is 0. The Balaban J connectivity index is 3.93. The third-order valence-electron chi connectivity index (χ3n) is 1.12. The smallest absolute Gasteiger partial charge is 0.244 e. The molecule has 0 heterocycles. The van der Waals surface area contributed by atoms with Crippen LogP contribution in [0.25, 0.3) is 0 Å². The molecule has 0 aromatic rings. The number of carbonyl (C=O) groups is 2. The lowest BCUT2D eigenvalue weighted by Gasteiger charge is -2.12. The Bertz CT molecular complexity index is 170. The standard InChI is InChI=1S/C6H12N2O2S/c1-3(11)5(7)6(10)8-4(2)9/h3,5,11H,7H2,1-2H3,(H,8,9,10)/t3?,5-/m0/s1. The monoisotopic (exact) mass is 176 g/mol. The number of hydrogen-bond donors (Lipinski definition) is 3. The summed E-state index contributed by atoms with van der Waals surface area (Å²) in [6.07, 6.45) is 0. The Morgan fingerprint density at radius 2 is 2.00 bits per heavy atom. The molecule has 3 N–H and O–H groups in total. The maximum absolute atomic E-state index is 10.9. The summed E-state index contributed by atoms with van der Waals surface area (Å²) in [7, 11) is 0. The van der Waals surface area contributed by atoms with Crippen LogP contribution >= 0.6 is 12.6 Å². The maximum atomic E-state index is 10.9. The van der Waals surface area contributed by atoms with Crippen molar-refractivity contribution in [2.75, 3.05) is 0 Å². The summed E-state index contributed by atoms with van der Waals surface area (Å²) >= 11 is 3.96. The van der Waals surface area contributed by atoms with Gasteiger partial charge in [0.2, 0.25) is 11.8 Å². The van der Waals surface area contributed by atoms with Crippen LogP contribution in [0.3, 0.4) is 0 Å². The molecule has 0 saturated heterocycles. The second kappa shape index (κ2) is 4.35. The molecular formula is C6H12N2O2S. The zero-order chi connectivity index (χ0) is 9.02. The summed E-state index contributed by atoms with van der Waals surface area (Å²) in [5.74, 6) is -0.889. The van der Waals surface area contributed by atoms with Crippen LogP contribution in [0.1, 0.15) is 13.8 Å². The van der Waals surface area contributed by atoms with Crippen molar-refractivity contribution in [3.8, 4) is 0 Å². The molecule has 0 aromatic heterocycles. The topological polar surface area (TPSA) is 72.2 Å². The molecule has 0 rings (SSSR count). The third-order valence-corrected chi connectivity index (χ3v) is 1.44. The van der Waals surface area contributed by atoms with Gasteiger partial charge in [-0.3, -0.25) is 14.9 Å². The third kappa shape index (κ3) is 4.00. The summed E-state index contributed by atoms with van der Waals surface area (Å²) in [6.45, 7) is 2.95. The fourth-order valence-corrected chi connectivity index (χ4v) is 0.611. The van der Waals surface area contributed by atoms with Crippen molar-refractivity contribution < 1.29 is 9.59 Å². The van der Waals surface area contributed by atoms with Crippen LogP contribution in [0.5, 0.6) is 0 Å². The normalized spacial score (nSPS) is 15.3. The maximum Gasteiger partial charge on any atom is 0.244 e. The Kier molecular flexibility index (Phi) is 4.14. The number of rotatable bonds is 2. The molecule has 4 nitrogen and oxygen atoms in total. The van der Waals surface area contributed by atoms with Crippen LogP contribution in [0, 0.1) is 0 Å². The molecular weight excluding hydrogens is 164 g/mol. The molecule has 1 unspecified atom stereocenters. The number of nitrogens with one attached hydrogen (secondary N) is 1. The highest BCUT2D eigenvalue weighted by molar-refractivity contribution is 7.81. The largest absolute Gasteiger partial charge is 0.319 e. The molecule has 0 fully saturated rings. The number of imide groups is 1. The summed E-state index contributed by atoms with van der Waals surface area (Å²) in [6, 6.07) is -0.734. The Morgan fingerprint density at radius 1 is 1.55 bits per heavy atom. The van der Waals surface area contributed by atoms with E-state index in [4.69, 9.17) is 5.73 Å². The first-order valence-electron chi connectivity index (χ1n) is 3.20. The van der Waals surface area contributed by atoms with Gasteiger partial charge >= 0.3 is 0 Å². The highest BCUT2D eigenvalue weighted by atomic mass is 32.1. The highest BCUT2D eigenvalue weighted by Crippen LogP contribution is 1.97. The first-order chi connectivity index (χ1) is 4.95. The van der Waals surface area contributed by atoms with Crippen molar-refractivity contribution >= 4 is 24.4 Å². The molecule has 0 aliphatic rings. The van der Waals surface area contributed by atoms with E-state index in [1.807, 2.05) is 0 Å². The van der Waals surface area contributed by atoms with Crippen molar-refractivity contribution in [3.05, 3.63) is 0 Å². The molecule has 0 aromatic carbocycles. The minimum atomic E-state index is -0.734. The van der Waals surface area contributed by atoms with Gasteiger partial charge in [0, 0.05) is 12.2 Å². The molecule has 0 aliphatic heterocycles. The number of hydrogen-bond acceptors (Lipinski definition) is 4. The number of nitrogens with two attached hydrogens (primary N) is 1. The first-order valence-corrected chi connectivity index (χ1v) is 3.72. The molecule has 2 amide bonds. The van der Waals surface area contributed by atoms with Crippen LogP contribution in [-0.4, -0.2) is 23.1 Å². The fraction of sp³-hybridized carbons (Fsp3) is 0.667. The van der Waals surface area contributed by atoms with Crippen LogP contribution in [-0.2, 0) is 9.59 Å². The first kappa shape index (κ1) is 10.4. The van der Waals surface area contributed by atoms with Crippen molar-refractivity contribution in [1.82, 2.24) is 5.32 Å². The SMILES string of the molecule is CC(=O)NC(=O)[C@@H](N)C(C)S. The van der Waals surface area contributed by atoms with Gasteiger partial charge in [0.1, 0.15) is 0 Å². The molecule has 0 radical (unpaired) electrons. The lowest BCUT2D eigenvalue weighted by Crippen LogP contribution is -2.46. The summed E-state index contributed by atoms with van der Waals surface area (Å²) in [5.41, 5.74) is 5.37. The molecule has 64 valence electrons. The Hall–Kier alpha value is -0.550. The van der Waals surface area contributed by atoms with E-state index in [1.54, 1.807) is 6.92 Å². The van der Waals surface area contributed by atoms with Gasteiger partial charge in [-0.25, -0.2) is 0 Å². The fourth-order valence-electron chi connectivity index (χ4n) is 0.476.